The van der Waals surface area contributed by atoms with Crippen molar-refractivity contribution >= 4 is 11.6 Å². The summed E-state index contributed by atoms with van der Waals surface area (Å²) in [6.45, 7) is 2.51. The molecule has 0 aliphatic carbocycles. The summed E-state index contributed by atoms with van der Waals surface area (Å²) in [7, 11) is 1.54. The summed E-state index contributed by atoms with van der Waals surface area (Å²) in [6.07, 6.45) is 0. The molecule has 0 unspecified atom stereocenters. The number of nitrogens with one attached hydrogen (secondary N) is 1. The number of carbonyl (C=O) groups is 1. The Morgan fingerprint density at radius 1 is 1.11 bits per heavy atom. The van der Waals surface area contributed by atoms with E-state index in [-0.39, 0.29) is 19.1 Å². The van der Waals surface area contributed by atoms with Crippen molar-refractivity contribution in [1.82, 2.24) is 20.2 Å². The molecule has 0 atom stereocenters. The molecule has 0 fully saturated rings. The first-order valence-electron chi connectivity index (χ1n) is 8.73. The van der Waals surface area contributed by atoms with E-state index in [0.29, 0.717) is 35.4 Å². The number of amides is 1. The van der Waals surface area contributed by atoms with Crippen molar-refractivity contribution in [2.45, 2.75) is 20.1 Å². The van der Waals surface area contributed by atoms with Gasteiger partial charge in [-0.15, -0.1) is 10.2 Å². The van der Waals surface area contributed by atoms with Gasteiger partial charge in [0.15, 0.2) is 18.1 Å². The molecule has 0 bridgehead atoms. The molecule has 1 N–H and O–H groups in total. The number of hydrogen-bond donors (Lipinski definition) is 1. The number of nitrogens with zero attached hydrogens (tertiary/aromatic N) is 4. The molecule has 3 aromatic rings. The van der Waals surface area contributed by atoms with Gasteiger partial charge in [0.25, 0.3) is 0 Å². The molecule has 0 aliphatic rings. The summed E-state index contributed by atoms with van der Waals surface area (Å²) in [5.74, 6) is 1.96. The van der Waals surface area contributed by atoms with Gasteiger partial charge in [-0.1, -0.05) is 18.2 Å². The van der Waals surface area contributed by atoms with Crippen LogP contribution in [0.3, 0.4) is 0 Å². The van der Waals surface area contributed by atoms with Crippen LogP contribution in [0.2, 0.25) is 0 Å². The Balaban J connectivity index is 1.54. The van der Waals surface area contributed by atoms with Crippen LogP contribution in [0.4, 0.5) is 5.69 Å². The fraction of sp³-hybridized carbons (Fsp3) is 0.263. The van der Waals surface area contributed by atoms with Gasteiger partial charge < -0.3 is 19.5 Å². The maximum Gasteiger partial charge on any atom is 0.248 e. The third-order valence-electron chi connectivity index (χ3n) is 3.64. The topological polar surface area (TPSA) is 100 Å². The van der Waals surface area contributed by atoms with E-state index in [1.807, 2.05) is 37.3 Å². The van der Waals surface area contributed by atoms with Crippen LogP contribution >= 0.6 is 0 Å². The van der Waals surface area contributed by atoms with E-state index in [1.54, 1.807) is 25.3 Å². The van der Waals surface area contributed by atoms with E-state index in [9.17, 15) is 4.79 Å². The molecule has 0 saturated heterocycles. The van der Waals surface area contributed by atoms with Gasteiger partial charge in [0.05, 0.1) is 13.7 Å². The number of ether oxygens (including phenoxy) is 3. The molecule has 3 rings (SSSR count). The van der Waals surface area contributed by atoms with E-state index in [0.717, 1.165) is 0 Å². The van der Waals surface area contributed by atoms with Crippen molar-refractivity contribution in [2.24, 2.45) is 0 Å². The van der Waals surface area contributed by atoms with Crippen LogP contribution in [-0.2, 0) is 17.9 Å². The lowest BCUT2D eigenvalue weighted by Gasteiger charge is -2.11. The second kappa shape index (κ2) is 9.36. The second-order valence-corrected chi connectivity index (χ2v) is 5.68. The number of rotatable bonds is 9. The number of hydrogen-bond acceptors (Lipinski definition) is 7. The number of anilines is 1. The zero-order valence-electron chi connectivity index (χ0n) is 15.7. The Kier molecular flexibility index (Phi) is 6.40. The first kappa shape index (κ1) is 19.2. The molecule has 146 valence electrons. The van der Waals surface area contributed by atoms with Gasteiger partial charge in [0.2, 0.25) is 11.7 Å². The molecule has 0 aliphatic heterocycles. The van der Waals surface area contributed by atoms with E-state index in [1.165, 1.54) is 4.80 Å². The molecule has 1 heterocycles. The molecule has 0 radical (unpaired) electrons. The molecule has 9 heteroatoms. The predicted molar refractivity (Wildman–Crippen MR) is 101 cm³/mol. The quantitative estimate of drug-likeness (QED) is 0.605. The first-order chi connectivity index (χ1) is 13.7. The van der Waals surface area contributed by atoms with Crippen molar-refractivity contribution in [3.63, 3.8) is 0 Å². The van der Waals surface area contributed by atoms with Gasteiger partial charge in [0, 0.05) is 11.8 Å². The van der Waals surface area contributed by atoms with Crippen LogP contribution in [0.5, 0.6) is 17.2 Å². The Bertz CT molecular complexity index is 914. The van der Waals surface area contributed by atoms with Gasteiger partial charge in [-0.25, -0.2) is 0 Å². The van der Waals surface area contributed by atoms with Crippen LogP contribution < -0.4 is 19.5 Å². The molecule has 2 aromatic carbocycles. The van der Waals surface area contributed by atoms with Crippen molar-refractivity contribution in [3.05, 3.63) is 54.4 Å². The fourth-order valence-electron chi connectivity index (χ4n) is 2.41. The zero-order chi connectivity index (χ0) is 19.8. The SMILES string of the molecule is CCOc1ccc(NC(=O)Cn2nnc(COc3ccccc3)n2)cc1OC. The molecular weight excluding hydrogens is 362 g/mol. The van der Waals surface area contributed by atoms with Crippen molar-refractivity contribution in [1.29, 1.82) is 0 Å². The average Bonchev–Trinajstić information content (AvgIpc) is 3.15. The van der Waals surface area contributed by atoms with Gasteiger partial charge in [0.1, 0.15) is 12.3 Å². The minimum absolute atomic E-state index is 0.0755. The summed E-state index contributed by atoms with van der Waals surface area (Å²) >= 11 is 0. The molecule has 1 aromatic heterocycles. The summed E-state index contributed by atoms with van der Waals surface area (Å²) in [5.41, 5.74) is 0.582. The van der Waals surface area contributed by atoms with Crippen LogP contribution in [0.15, 0.2) is 48.5 Å². The smallest absolute Gasteiger partial charge is 0.248 e. The number of tetrazole rings is 1. The average molecular weight is 383 g/mol. The van der Waals surface area contributed by atoms with Crippen LogP contribution in [0.25, 0.3) is 0 Å². The predicted octanol–water partition coefficient (Wildman–Crippen LogP) is 2.30. The normalized spacial score (nSPS) is 10.4. The summed E-state index contributed by atoms with van der Waals surface area (Å²) in [6, 6.07) is 14.5. The van der Waals surface area contributed by atoms with Crippen LogP contribution in [0.1, 0.15) is 12.7 Å². The van der Waals surface area contributed by atoms with Crippen molar-refractivity contribution in [3.8, 4) is 17.2 Å². The number of carbonyl (C=O) groups excluding carboxylic acids is 1. The Morgan fingerprint density at radius 3 is 2.68 bits per heavy atom. The molecule has 1 amide bonds. The Morgan fingerprint density at radius 2 is 1.93 bits per heavy atom. The van der Waals surface area contributed by atoms with Gasteiger partial charge in [-0.2, -0.15) is 4.80 Å². The molecule has 0 spiro atoms. The lowest BCUT2D eigenvalue weighted by Crippen LogP contribution is -2.20. The fourth-order valence-corrected chi connectivity index (χ4v) is 2.41. The summed E-state index contributed by atoms with van der Waals surface area (Å²) < 4.78 is 16.3. The number of methoxy groups -OCH3 is 1. The van der Waals surface area contributed by atoms with Crippen molar-refractivity contribution < 1.29 is 19.0 Å². The molecule has 28 heavy (non-hydrogen) atoms. The van der Waals surface area contributed by atoms with E-state index in [2.05, 4.69) is 20.7 Å². The zero-order valence-corrected chi connectivity index (χ0v) is 15.7. The number of para-hydroxylation sites is 1. The minimum atomic E-state index is -0.292. The Hall–Kier alpha value is -3.62. The molecule has 9 nitrogen and oxygen atoms in total. The maximum atomic E-state index is 12.2. The maximum absolute atomic E-state index is 12.2. The lowest BCUT2D eigenvalue weighted by molar-refractivity contribution is -0.117. The van der Waals surface area contributed by atoms with Crippen LogP contribution in [-0.4, -0.2) is 39.8 Å². The van der Waals surface area contributed by atoms with E-state index >= 15 is 0 Å². The van der Waals surface area contributed by atoms with E-state index in [4.69, 9.17) is 14.2 Å². The first-order valence-corrected chi connectivity index (χ1v) is 8.73. The minimum Gasteiger partial charge on any atom is -0.493 e. The summed E-state index contributed by atoms with van der Waals surface area (Å²) in [5, 5.41) is 14.7. The van der Waals surface area contributed by atoms with Crippen LogP contribution in [0, 0.1) is 0 Å². The highest BCUT2D eigenvalue weighted by Crippen LogP contribution is 2.30. The highest BCUT2D eigenvalue weighted by Gasteiger charge is 2.11. The number of benzene rings is 2. The standard InChI is InChI=1S/C19H21N5O4/c1-3-27-16-10-9-14(11-17(16)26-2)20-19(25)12-24-22-18(21-23-24)13-28-15-7-5-4-6-8-15/h4-11H,3,12-13H2,1-2H3,(H,20,25). The monoisotopic (exact) mass is 383 g/mol. The largest absolute Gasteiger partial charge is 0.493 e. The highest BCUT2D eigenvalue weighted by molar-refractivity contribution is 5.90. The van der Waals surface area contributed by atoms with Crippen molar-refractivity contribution in [2.75, 3.05) is 19.0 Å². The Labute approximate surface area is 162 Å². The van der Waals surface area contributed by atoms with Gasteiger partial charge >= 0.3 is 0 Å². The third-order valence-corrected chi connectivity index (χ3v) is 3.64. The lowest BCUT2D eigenvalue weighted by atomic mass is 10.2. The molecular formula is C19H21N5O4. The summed E-state index contributed by atoms with van der Waals surface area (Å²) in [4.78, 5) is 13.5. The molecule has 0 saturated carbocycles. The highest BCUT2D eigenvalue weighted by atomic mass is 16.5. The number of aromatic nitrogens is 4. The van der Waals surface area contributed by atoms with Gasteiger partial charge in [-0.05, 0) is 36.4 Å². The van der Waals surface area contributed by atoms with E-state index < -0.39 is 0 Å². The van der Waals surface area contributed by atoms with Gasteiger partial charge in [-0.3, -0.25) is 4.79 Å². The second-order valence-electron chi connectivity index (χ2n) is 5.68. The third kappa shape index (κ3) is 5.19.